The van der Waals surface area contributed by atoms with Crippen LogP contribution in [0, 0.1) is 0 Å². The van der Waals surface area contributed by atoms with E-state index in [9.17, 15) is 0 Å². The van der Waals surface area contributed by atoms with E-state index in [0.29, 0.717) is 0 Å². The molecule has 0 N–H and O–H groups in total. The Morgan fingerprint density at radius 2 is 1.67 bits per heavy atom. The van der Waals surface area contributed by atoms with Crippen LogP contribution in [-0.4, -0.2) is 4.98 Å². The largest absolute Gasteiger partial charge is 1.00 e. The molecule has 0 bridgehead atoms. The van der Waals surface area contributed by atoms with Crippen molar-refractivity contribution in [3.63, 3.8) is 0 Å². The van der Waals surface area contributed by atoms with Crippen molar-refractivity contribution in [2.24, 2.45) is 0 Å². The van der Waals surface area contributed by atoms with Crippen molar-refractivity contribution in [2.75, 3.05) is 0 Å². The van der Waals surface area contributed by atoms with E-state index in [-0.39, 0.29) is 17.0 Å². The molecule has 0 saturated carbocycles. The fourth-order valence-electron chi connectivity index (χ4n) is 1.95. The number of thiazole rings is 1. The second kappa shape index (κ2) is 7.41. The molecule has 21 heavy (non-hydrogen) atoms. The molecule has 0 amide bonds. The average molecular weight is 400 g/mol. The molecule has 3 rings (SSSR count). The van der Waals surface area contributed by atoms with E-state index in [1.54, 1.807) is 11.3 Å². The summed E-state index contributed by atoms with van der Waals surface area (Å²) in [5.41, 5.74) is 3.16. The Morgan fingerprint density at radius 3 is 2.38 bits per heavy atom. The smallest absolute Gasteiger partial charge is 0.0977 e. The highest BCUT2D eigenvalue weighted by Crippen LogP contribution is 2.26. The highest BCUT2D eigenvalue weighted by atomic mass is 79.9. The standard InChI is InChI=1S/C16H11Cl2NS.BrH/c17-13-7-5-11(6-8-13)15-10-20-16(19-15)9-12-3-1-2-4-14(12)18;/h1-8,10H,9H2;1H/p-1. The molecule has 0 radical (unpaired) electrons. The first-order chi connectivity index (χ1) is 9.72. The molecule has 1 aromatic heterocycles. The lowest BCUT2D eigenvalue weighted by molar-refractivity contribution is -0.00000376. The zero-order chi connectivity index (χ0) is 13.9. The normalized spacial score (nSPS) is 10.2. The molecule has 2 aromatic carbocycles. The van der Waals surface area contributed by atoms with Gasteiger partial charge < -0.3 is 17.0 Å². The molecule has 0 saturated heterocycles. The maximum Gasteiger partial charge on any atom is 0.0977 e. The van der Waals surface area contributed by atoms with Crippen LogP contribution >= 0.6 is 34.5 Å². The van der Waals surface area contributed by atoms with Gasteiger partial charge in [0.25, 0.3) is 0 Å². The molecule has 108 valence electrons. The van der Waals surface area contributed by atoms with Crippen LogP contribution in [-0.2, 0) is 6.42 Å². The van der Waals surface area contributed by atoms with Crippen molar-refractivity contribution in [2.45, 2.75) is 6.42 Å². The molecule has 0 aliphatic carbocycles. The number of benzene rings is 2. The lowest BCUT2D eigenvalue weighted by atomic mass is 10.1. The van der Waals surface area contributed by atoms with Gasteiger partial charge in [-0.15, -0.1) is 11.3 Å². The Kier molecular flexibility index (Phi) is 5.82. The molecule has 5 heteroatoms. The van der Waals surface area contributed by atoms with Gasteiger partial charge in [-0.05, 0) is 23.8 Å². The van der Waals surface area contributed by atoms with Crippen molar-refractivity contribution in [3.05, 3.63) is 74.5 Å². The third-order valence-corrected chi connectivity index (χ3v) is 4.46. The number of aromatic nitrogens is 1. The predicted octanol–water partition coefficient (Wildman–Crippen LogP) is 2.71. The summed E-state index contributed by atoms with van der Waals surface area (Å²) in [6.45, 7) is 0. The SMILES string of the molecule is Clc1ccc(-c2csc(Cc3ccccc3Cl)n2)cc1.[Br-]. The quantitative estimate of drug-likeness (QED) is 0.659. The minimum absolute atomic E-state index is 0. The highest BCUT2D eigenvalue weighted by molar-refractivity contribution is 7.10. The molecular formula is C16H11BrCl2NS-. The summed E-state index contributed by atoms with van der Waals surface area (Å²) in [6.07, 6.45) is 0.762. The number of hydrogen-bond acceptors (Lipinski definition) is 2. The lowest BCUT2D eigenvalue weighted by Crippen LogP contribution is -3.00. The van der Waals surface area contributed by atoms with Crippen molar-refractivity contribution in [1.29, 1.82) is 0 Å². The molecule has 0 aliphatic rings. The van der Waals surface area contributed by atoms with Gasteiger partial charge in [0.15, 0.2) is 0 Å². The molecule has 0 atom stereocenters. The Labute approximate surface area is 148 Å². The highest BCUT2D eigenvalue weighted by Gasteiger charge is 2.07. The molecule has 0 spiro atoms. The third-order valence-electron chi connectivity index (χ3n) is 2.99. The molecular weight excluding hydrogens is 389 g/mol. The molecule has 1 heterocycles. The van der Waals surface area contributed by atoms with Crippen molar-refractivity contribution in [1.82, 2.24) is 4.98 Å². The lowest BCUT2D eigenvalue weighted by Gasteiger charge is -2.00. The van der Waals surface area contributed by atoms with Gasteiger partial charge in [-0.3, -0.25) is 0 Å². The Bertz CT molecular complexity index is 725. The van der Waals surface area contributed by atoms with Gasteiger partial charge in [0, 0.05) is 27.4 Å². The minimum Gasteiger partial charge on any atom is -1.00 e. The first-order valence-corrected chi connectivity index (χ1v) is 7.80. The Morgan fingerprint density at radius 1 is 0.952 bits per heavy atom. The zero-order valence-corrected chi connectivity index (χ0v) is 14.8. The summed E-state index contributed by atoms with van der Waals surface area (Å²) in [5, 5.41) is 4.65. The monoisotopic (exact) mass is 398 g/mol. The van der Waals surface area contributed by atoms with Crippen LogP contribution in [0.15, 0.2) is 53.9 Å². The number of rotatable bonds is 3. The summed E-state index contributed by atoms with van der Waals surface area (Å²) < 4.78 is 0. The fraction of sp³-hybridized carbons (Fsp3) is 0.0625. The van der Waals surface area contributed by atoms with E-state index >= 15 is 0 Å². The van der Waals surface area contributed by atoms with Crippen LogP contribution in [0.5, 0.6) is 0 Å². The van der Waals surface area contributed by atoms with E-state index in [0.717, 1.165) is 38.3 Å². The van der Waals surface area contributed by atoms with Crippen LogP contribution in [0.4, 0.5) is 0 Å². The van der Waals surface area contributed by atoms with E-state index in [4.69, 9.17) is 23.2 Å². The Balaban J connectivity index is 0.00000161. The summed E-state index contributed by atoms with van der Waals surface area (Å²) in [7, 11) is 0. The first kappa shape index (κ1) is 16.5. The number of hydrogen-bond donors (Lipinski definition) is 0. The molecule has 3 aromatic rings. The van der Waals surface area contributed by atoms with E-state index < -0.39 is 0 Å². The van der Waals surface area contributed by atoms with Crippen molar-refractivity contribution < 1.29 is 17.0 Å². The van der Waals surface area contributed by atoms with Crippen molar-refractivity contribution >= 4 is 34.5 Å². The molecule has 0 fully saturated rings. The van der Waals surface area contributed by atoms with Crippen LogP contribution in [0.3, 0.4) is 0 Å². The van der Waals surface area contributed by atoms with Gasteiger partial charge in [-0.1, -0.05) is 53.5 Å². The summed E-state index contributed by atoms with van der Waals surface area (Å²) in [4.78, 5) is 4.66. The predicted molar refractivity (Wildman–Crippen MR) is 86.8 cm³/mol. The van der Waals surface area contributed by atoms with Gasteiger partial charge in [0.2, 0.25) is 0 Å². The molecule has 0 aliphatic heterocycles. The second-order valence-electron chi connectivity index (χ2n) is 4.40. The van der Waals surface area contributed by atoms with Crippen LogP contribution in [0.2, 0.25) is 10.0 Å². The maximum atomic E-state index is 6.18. The van der Waals surface area contributed by atoms with E-state index in [1.807, 2.05) is 48.5 Å². The first-order valence-electron chi connectivity index (χ1n) is 6.16. The molecule has 0 unspecified atom stereocenters. The minimum atomic E-state index is 0. The average Bonchev–Trinajstić information content (AvgIpc) is 2.91. The zero-order valence-electron chi connectivity index (χ0n) is 10.9. The summed E-state index contributed by atoms with van der Waals surface area (Å²) >= 11 is 13.7. The van der Waals surface area contributed by atoms with Gasteiger partial charge in [0.1, 0.15) is 0 Å². The van der Waals surface area contributed by atoms with Gasteiger partial charge >= 0.3 is 0 Å². The van der Waals surface area contributed by atoms with Gasteiger partial charge in [0.05, 0.1) is 10.7 Å². The van der Waals surface area contributed by atoms with Gasteiger partial charge in [-0.2, -0.15) is 0 Å². The summed E-state index contributed by atoms with van der Waals surface area (Å²) in [6, 6.07) is 15.6. The van der Waals surface area contributed by atoms with Crippen LogP contribution < -0.4 is 17.0 Å². The maximum absolute atomic E-state index is 6.18. The van der Waals surface area contributed by atoms with Crippen molar-refractivity contribution in [3.8, 4) is 11.3 Å². The third kappa shape index (κ3) is 4.07. The Hall–Kier alpha value is -0.870. The second-order valence-corrected chi connectivity index (χ2v) is 6.19. The van der Waals surface area contributed by atoms with Gasteiger partial charge in [-0.25, -0.2) is 4.98 Å². The number of nitrogens with zero attached hydrogens (tertiary/aromatic N) is 1. The fourth-order valence-corrected chi connectivity index (χ4v) is 3.10. The summed E-state index contributed by atoms with van der Waals surface area (Å²) in [5.74, 6) is 0. The van der Waals surface area contributed by atoms with Crippen LogP contribution in [0.25, 0.3) is 11.3 Å². The van der Waals surface area contributed by atoms with Crippen LogP contribution in [0.1, 0.15) is 10.6 Å². The molecule has 1 nitrogen and oxygen atoms in total. The van der Waals surface area contributed by atoms with E-state index in [1.165, 1.54) is 0 Å². The van der Waals surface area contributed by atoms with E-state index in [2.05, 4.69) is 10.4 Å². The number of halogens is 3. The topological polar surface area (TPSA) is 12.9 Å².